The maximum atomic E-state index is 13.7. The molecule has 0 radical (unpaired) electrons. The average molecular weight is 508 g/mol. The van der Waals surface area contributed by atoms with E-state index in [9.17, 15) is 9.59 Å². The normalized spacial score (nSPS) is 13.7. The smallest absolute Gasteiger partial charge is 0.255 e. The van der Waals surface area contributed by atoms with E-state index in [0.29, 0.717) is 43.2 Å². The number of hydrogen-bond donors (Lipinski definition) is 0. The molecule has 0 atom stereocenters. The molecule has 2 aromatic carbocycles. The van der Waals surface area contributed by atoms with Gasteiger partial charge < -0.3 is 19.1 Å². The van der Waals surface area contributed by atoms with Gasteiger partial charge in [-0.2, -0.15) is 0 Å². The maximum Gasteiger partial charge on any atom is 0.255 e. The summed E-state index contributed by atoms with van der Waals surface area (Å²) >= 11 is 6.14. The zero-order valence-corrected chi connectivity index (χ0v) is 22.1. The largest absolute Gasteiger partial charge is 0.497 e. The molecule has 1 saturated heterocycles. The summed E-state index contributed by atoms with van der Waals surface area (Å²) < 4.78 is 7.43. The summed E-state index contributed by atoms with van der Waals surface area (Å²) in [4.78, 5) is 29.9. The molecule has 1 aliphatic heterocycles. The minimum absolute atomic E-state index is 0.00643. The van der Waals surface area contributed by atoms with Crippen molar-refractivity contribution in [1.29, 1.82) is 0 Å². The molecular weight excluding hydrogens is 474 g/mol. The number of ether oxygens (including phenoxy) is 1. The van der Waals surface area contributed by atoms with Gasteiger partial charge in [-0.1, -0.05) is 43.5 Å². The van der Waals surface area contributed by atoms with E-state index >= 15 is 0 Å². The van der Waals surface area contributed by atoms with Crippen LogP contribution in [0.4, 0.5) is 0 Å². The first-order chi connectivity index (χ1) is 17.4. The van der Waals surface area contributed by atoms with Gasteiger partial charge in [0.1, 0.15) is 5.75 Å². The topological polar surface area (TPSA) is 54.8 Å². The van der Waals surface area contributed by atoms with Crippen molar-refractivity contribution in [2.75, 3.05) is 33.3 Å². The van der Waals surface area contributed by atoms with Gasteiger partial charge in [-0.05, 0) is 61.4 Å². The van der Waals surface area contributed by atoms with Crippen molar-refractivity contribution in [2.45, 2.75) is 39.5 Å². The van der Waals surface area contributed by atoms with Crippen molar-refractivity contribution in [2.24, 2.45) is 0 Å². The van der Waals surface area contributed by atoms with Crippen LogP contribution >= 0.6 is 11.6 Å². The first-order valence-electron chi connectivity index (χ1n) is 12.6. The molecule has 7 heteroatoms. The number of carbonyl (C=O) groups is 2. The molecule has 0 bridgehead atoms. The van der Waals surface area contributed by atoms with Crippen molar-refractivity contribution in [3.05, 3.63) is 70.9 Å². The van der Waals surface area contributed by atoms with Gasteiger partial charge in [0.2, 0.25) is 5.91 Å². The molecule has 190 valence electrons. The number of rotatable bonds is 8. The quantitative estimate of drug-likeness (QED) is 0.352. The summed E-state index contributed by atoms with van der Waals surface area (Å²) in [6, 6.07) is 17.4. The lowest BCUT2D eigenvalue weighted by molar-refractivity contribution is -0.132. The second-order valence-electron chi connectivity index (χ2n) is 9.20. The summed E-state index contributed by atoms with van der Waals surface area (Å²) in [6.07, 6.45) is 3.70. The summed E-state index contributed by atoms with van der Waals surface area (Å²) in [5, 5.41) is 0.663. The first-order valence-corrected chi connectivity index (χ1v) is 13.0. The van der Waals surface area contributed by atoms with Crippen molar-refractivity contribution in [3.63, 3.8) is 0 Å². The molecule has 0 N–H and O–H groups in total. The summed E-state index contributed by atoms with van der Waals surface area (Å²) in [5.74, 6) is 0.963. The van der Waals surface area contributed by atoms with Crippen molar-refractivity contribution in [3.8, 4) is 22.7 Å². The van der Waals surface area contributed by atoms with Gasteiger partial charge in [0.05, 0.1) is 18.4 Å². The Bertz CT molecular complexity index is 1190. The van der Waals surface area contributed by atoms with E-state index in [1.165, 1.54) is 0 Å². The fraction of sp³-hybridized carbons (Fsp3) is 0.379. The number of hydrogen-bond acceptors (Lipinski definition) is 3. The zero-order chi connectivity index (χ0) is 25.7. The molecule has 1 aliphatic rings. The number of carbonyl (C=O) groups excluding carboxylic acids is 2. The number of unbranched alkanes of at least 4 members (excludes halogenated alkanes) is 2. The van der Waals surface area contributed by atoms with Gasteiger partial charge in [0.25, 0.3) is 5.91 Å². The third kappa shape index (κ3) is 5.59. The van der Waals surface area contributed by atoms with E-state index in [0.717, 1.165) is 47.7 Å². The van der Waals surface area contributed by atoms with Crippen LogP contribution in [0.3, 0.4) is 0 Å². The number of benzene rings is 2. The Hall–Kier alpha value is -3.25. The lowest BCUT2D eigenvalue weighted by Crippen LogP contribution is -2.50. The zero-order valence-electron chi connectivity index (χ0n) is 21.3. The fourth-order valence-corrected chi connectivity index (χ4v) is 4.86. The highest BCUT2D eigenvalue weighted by atomic mass is 35.5. The minimum Gasteiger partial charge on any atom is -0.497 e. The first kappa shape index (κ1) is 25.8. The predicted molar refractivity (Wildman–Crippen MR) is 144 cm³/mol. The Morgan fingerprint density at radius 2 is 1.56 bits per heavy atom. The Balaban J connectivity index is 1.59. The van der Waals surface area contributed by atoms with Gasteiger partial charge in [-0.25, -0.2) is 0 Å². The lowest BCUT2D eigenvalue weighted by Gasteiger charge is -2.35. The van der Waals surface area contributed by atoms with Crippen LogP contribution in [-0.2, 0) is 4.79 Å². The third-order valence-corrected chi connectivity index (χ3v) is 7.11. The van der Waals surface area contributed by atoms with Crippen molar-refractivity contribution < 1.29 is 14.3 Å². The molecule has 36 heavy (non-hydrogen) atoms. The van der Waals surface area contributed by atoms with Crippen LogP contribution in [0.25, 0.3) is 16.9 Å². The molecule has 2 heterocycles. The van der Waals surface area contributed by atoms with E-state index in [4.69, 9.17) is 16.3 Å². The van der Waals surface area contributed by atoms with Crippen LogP contribution in [0, 0.1) is 6.92 Å². The Labute approximate surface area is 218 Å². The molecule has 1 aromatic heterocycles. The monoisotopic (exact) mass is 507 g/mol. The molecule has 0 unspecified atom stereocenters. The number of halogens is 1. The highest BCUT2D eigenvalue weighted by molar-refractivity contribution is 6.30. The number of amides is 2. The number of aromatic nitrogens is 1. The van der Waals surface area contributed by atoms with Crippen molar-refractivity contribution >= 4 is 23.4 Å². The predicted octanol–water partition coefficient (Wildman–Crippen LogP) is 5.98. The highest BCUT2D eigenvalue weighted by Crippen LogP contribution is 2.32. The summed E-state index contributed by atoms with van der Waals surface area (Å²) in [7, 11) is 1.64. The van der Waals surface area contributed by atoms with Crippen LogP contribution in [0.1, 0.15) is 48.7 Å². The van der Waals surface area contributed by atoms with Crippen LogP contribution in [0.15, 0.2) is 54.6 Å². The maximum absolute atomic E-state index is 13.7. The van der Waals surface area contributed by atoms with E-state index in [1.807, 2.05) is 71.3 Å². The van der Waals surface area contributed by atoms with E-state index in [2.05, 4.69) is 11.5 Å². The Kier molecular flexibility index (Phi) is 8.36. The van der Waals surface area contributed by atoms with Gasteiger partial charge >= 0.3 is 0 Å². The Morgan fingerprint density at radius 1 is 0.917 bits per heavy atom. The van der Waals surface area contributed by atoms with Gasteiger partial charge in [0.15, 0.2) is 0 Å². The summed E-state index contributed by atoms with van der Waals surface area (Å²) in [5.41, 5.74) is 4.37. The minimum atomic E-state index is -0.00643. The molecule has 0 spiro atoms. The molecule has 2 amide bonds. The summed E-state index contributed by atoms with van der Waals surface area (Å²) in [6.45, 7) is 6.36. The van der Waals surface area contributed by atoms with E-state index in [1.54, 1.807) is 7.11 Å². The van der Waals surface area contributed by atoms with Crippen LogP contribution in [-0.4, -0.2) is 59.5 Å². The van der Waals surface area contributed by atoms with E-state index in [-0.39, 0.29) is 11.8 Å². The molecular formula is C29H34ClN3O3. The van der Waals surface area contributed by atoms with Gasteiger partial charge in [0, 0.05) is 49.0 Å². The molecule has 3 aromatic rings. The molecule has 0 aliphatic carbocycles. The highest BCUT2D eigenvalue weighted by Gasteiger charge is 2.28. The standard InChI is InChI=1S/C29H34ClN3O3/c1-4-5-6-7-28(34)31-16-18-32(19-17-31)29(35)26-20-27(22-8-10-23(30)11-9-22)33(21(26)2)24-12-14-25(36-3)15-13-24/h8-15,20H,4-7,16-19H2,1-3H3. The number of piperazine rings is 1. The average Bonchev–Trinajstić information content (AvgIpc) is 3.25. The number of methoxy groups -OCH3 is 1. The molecule has 6 nitrogen and oxygen atoms in total. The fourth-order valence-electron chi connectivity index (χ4n) is 4.73. The molecule has 0 saturated carbocycles. The SMILES string of the molecule is CCCCCC(=O)N1CCN(C(=O)c2cc(-c3ccc(Cl)cc3)n(-c3ccc(OC)cc3)c2C)CC1. The number of nitrogens with zero attached hydrogens (tertiary/aromatic N) is 3. The molecule has 1 fully saturated rings. The van der Waals surface area contributed by atoms with Gasteiger partial charge in [-0.15, -0.1) is 0 Å². The van der Waals surface area contributed by atoms with E-state index < -0.39 is 0 Å². The van der Waals surface area contributed by atoms with Gasteiger partial charge in [-0.3, -0.25) is 9.59 Å². The Morgan fingerprint density at radius 3 is 2.17 bits per heavy atom. The molecule has 4 rings (SSSR count). The second-order valence-corrected chi connectivity index (χ2v) is 9.64. The van der Waals surface area contributed by atoms with Crippen molar-refractivity contribution in [1.82, 2.24) is 14.4 Å². The second kappa shape index (κ2) is 11.7. The van der Waals surface area contributed by atoms with Crippen LogP contribution < -0.4 is 4.74 Å². The van der Waals surface area contributed by atoms with Crippen LogP contribution in [0.2, 0.25) is 5.02 Å². The third-order valence-electron chi connectivity index (χ3n) is 6.86. The van der Waals surface area contributed by atoms with Crippen LogP contribution in [0.5, 0.6) is 5.75 Å². The lowest BCUT2D eigenvalue weighted by atomic mass is 10.1.